The average molecular weight is 473 g/mol. The molecule has 1 heterocycles. The average Bonchev–Trinajstić information content (AvgIpc) is 3.18. The molecule has 0 spiro atoms. The number of nitrogens with one attached hydrogen (secondary N) is 2. The molecule has 168 valence electrons. The Morgan fingerprint density at radius 2 is 1.69 bits per heavy atom. The lowest BCUT2D eigenvalue weighted by Crippen LogP contribution is -2.41. The summed E-state index contributed by atoms with van der Waals surface area (Å²) in [5, 5.41) is 0.711. The maximum atomic E-state index is 12.6. The first-order chi connectivity index (χ1) is 15.1. The van der Waals surface area contributed by atoms with Crippen molar-refractivity contribution in [3.8, 4) is 10.6 Å². The lowest BCUT2D eigenvalue weighted by atomic mass is 10.1. The third-order valence-corrected chi connectivity index (χ3v) is 7.79. The SMILES string of the molecule is CCc1ccc(-c2nc(C)c(C(=O)NNC(=O)c3cccc(S(=O)(=O)N(C)C)c3)s2)cc1. The molecule has 8 nitrogen and oxygen atoms in total. The molecule has 0 aliphatic carbocycles. The van der Waals surface area contributed by atoms with Gasteiger partial charge >= 0.3 is 0 Å². The molecule has 0 radical (unpaired) electrons. The van der Waals surface area contributed by atoms with E-state index in [0.29, 0.717) is 15.6 Å². The normalized spacial score (nSPS) is 11.4. The van der Waals surface area contributed by atoms with Crippen LogP contribution in [0.3, 0.4) is 0 Å². The number of aryl methyl sites for hydroxylation is 2. The molecule has 3 rings (SSSR count). The maximum absolute atomic E-state index is 12.6. The summed E-state index contributed by atoms with van der Waals surface area (Å²) in [6.45, 7) is 3.81. The van der Waals surface area contributed by atoms with Gasteiger partial charge in [0, 0.05) is 25.2 Å². The van der Waals surface area contributed by atoms with Gasteiger partial charge in [-0.05, 0) is 37.1 Å². The molecule has 2 amide bonds. The number of aromatic nitrogens is 1. The van der Waals surface area contributed by atoms with Gasteiger partial charge in [0.05, 0.1) is 10.6 Å². The monoisotopic (exact) mass is 472 g/mol. The molecule has 10 heteroatoms. The third kappa shape index (κ3) is 5.04. The highest BCUT2D eigenvalue weighted by Crippen LogP contribution is 2.28. The van der Waals surface area contributed by atoms with E-state index in [0.717, 1.165) is 16.3 Å². The minimum absolute atomic E-state index is 0.0153. The number of sulfonamides is 1. The van der Waals surface area contributed by atoms with Gasteiger partial charge in [0.25, 0.3) is 11.8 Å². The molecule has 0 saturated heterocycles. The molecule has 32 heavy (non-hydrogen) atoms. The van der Waals surface area contributed by atoms with Crippen molar-refractivity contribution < 1.29 is 18.0 Å². The van der Waals surface area contributed by atoms with Crippen molar-refractivity contribution in [2.75, 3.05) is 14.1 Å². The number of benzene rings is 2. The van der Waals surface area contributed by atoms with E-state index in [1.807, 2.05) is 24.3 Å². The molecule has 2 aromatic carbocycles. The van der Waals surface area contributed by atoms with Crippen molar-refractivity contribution in [2.45, 2.75) is 25.2 Å². The first-order valence-electron chi connectivity index (χ1n) is 9.83. The second-order valence-corrected chi connectivity index (χ2v) is 10.4. The molecular weight excluding hydrogens is 448 g/mol. The summed E-state index contributed by atoms with van der Waals surface area (Å²) in [4.78, 5) is 29.9. The predicted molar refractivity (Wildman–Crippen MR) is 124 cm³/mol. The number of carbonyl (C=O) groups is 2. The maximum Gasteiger partial charge on any atom is 0.281 e. The Labute approximate surface area is 191 Å². The van der Waals surface area contributed by atoms with Gasteiger partial charge in [-0.1, -0.05) is 37.3 Å². The van der Waals surface area contributed by atoms with Gasteiger partial charge in [-0.3, -0.25) is 20.4 Å². The Hall–Kier alpha value is -3.08. The Balaban J connectivity index is 1.71. The summed E-state index contributed by atoms with van der Waals surface area (Å²) < 4.78 is 25.6. The first-order valence-corrected chi connectivity index (χ1v) is 12.1. The standard InChI is InChI=1S/C22H24N4O4S2/c1-5-15-9-11-16(12-10-15)22-23-14(2)19(31-22)21(28)25-24-20(27)17-7-6-8-18(13-17)32(29,30)26(3)4/h6-13H,5H2,1-4H3,(H,24,27)(H,25,28). The zero-order valence-electron chi connectivity index (χ0n) is 18.2. The predicted octanol–water partition coefficient (Wildman–Crippen LogP) is 3.01. The highest BCUT2D eigenvalue weighted by atomic mass is 32.2. The first kappa shape index (κ1) is 23.6. The fourth-order valence-electron chi connectivity index (χ4n) is 2.86. The topological polar surface area (TPSA) is 108 Å². The summed E-state index contributed by atoms with van der Waals surface area (Å²) in [5.74, 6) is -1.13. The summed E-state index contributed by atoms with van der Waals surface area (Å²) in [7, 11) is -0.864. The van der Waals surface area contributed by atoms with Gasteiger partial charge in [0.1, 0.15) is 9.88 Å². The minimum Gasteiger partial charge on any atom is -0.267 e. The molecule has 0 unspecified atom stereocenters. The molecule has 0 saturated carbocycles. The van der Waals surface area contributed by atoms with E-state index in [1.165, 1.54) is 55.3 Å². The molecule has 0 aliphatic rings. The number of thiazole rings is 1. The molecule has 0 bridgehead atoms. The van der Waals surface area contributed by atoms with Crippen LogP contribution in [0.15, 0.2) is 53.4 Å². The Morgan fingerprint density at radius 3 is 2.31 bits per heavy atom. The summed E-state index contributed by atoms with van der Waals surface area (Å²) in [6, 6.07) is 13.6. The van der Waals surface area contributed by atoms with Crippen LogP contribution < -0.4 is 10.9 Å². The van der Waals surface area contributed by atoms with E-state index in [1.54, 1.807) is 6.92 Å². The largest absolute Gasteiger partial charge is 0.281 e. The Bertz CT molecular complexity index is 1250. The van der Waals surface area contributed by atoms with E-state index < -0.39 is 21.8 Å². The smallest absolute Gasteiger partial charge is 0.267 e. The molecule has 0 fully saturated rings. The highest BCUT2D eigenvalue weighted by molar-refractivity contribution is 7.89. The van der Waals surface area contributed by atoms with E-state index in [4.69, 9.17) is 0 Å². The molecule has 3 aromatic rings. The van der Waals surface area contributed by atoms with Crippen LogP contribution in [-0.2, 0) is 16.4 Å². The van der Waals surface area contributed by atoms with Crippen LogP contribution in [0, 0.1) is 6.92 Å². The minimum atomic E-state index is -3.68. The van der Waals surface area contributed by atoms with Crippen LogP contribution in [0.5, 0.6) is 0 Å². The second kappa shape index (κ2) is 9.60. The molecule has 0 aliphatic heterocycles. The van der Waals surface area contributed by atoms with Crippen LogP contribution in [-0.4, -0.2) is 43.6 Å². The van der Waals surface area contributed by atoms with Gasteiger partial charge in [-0.15, -0.1) is 11.3 Å². The summed E-state index contributed by atoms with van der Waals surface area (Å²) in [6.07, 6.45) is 0.939. The molecule has 2 N–H and O–H groups in total. The van der Waals surface area contributed by atoms with Crippen molar-refractivity contribution in [3.63, 3.8) is 0 Å². The number of amides is 2. The number of nitrogens with zero attached hydrogens (tertiary/aromatic N) is 2. The van der Waals surface area contributed by atoms with Crippen molar-refractivity contribution in [1.29, 1.82) is 0 Å². The van der Waals surface area contributed by atoms with Gasteiger partial charge in [-0.25, -0.2) is 17.7 Å². The van der Waals surface area contributed by atoms with Crippen molar-refractivity contribution in [1.82, 2.24) is 20.1 Å². The van der Waals surface area contributed by atoms with Crippen LogP contribution in [0.2, 0.25) is 0 Å². The van der Waals surface area contributed by atoms with Gasteiger partial charge in [0.2, 0.25) is 10.0 Å². The fraction of sp³-hybridized carbons (Fsp3) is 0.227. The number of carbonyl (C=O) groups excluding carboxylic acids is 2. The van der Waals surface area contributed by atoms with Gasteiger partial charge in [-0.2, -0.15) is 0 Å². The van der Waals surface area contributed by atoms with Crippen LogP contribution in [0.1, 0.15) is 38.2 Å². The van der Waals surface area contributed by atoms with E-state index in [-0.39, 0.29) is 10.5 Å². The van der Waals surface area contributed by atoms with Crippen molar-refractivity contribution in [2.24, 2.45) is 0 Å². The van der Waals surface area contributed by atoms with E-state index in [9.17, 15) is 18.0 Å². The number of hydrogen-bond donors (Lipinski definition) is 2. The quantitative estimate of drug-likeness (QED) is 0.536. The fourth-order valence-corrected chi connectivity index (χ4v) is 4.78. The second-order valence-electron chi connectivity index (χ2n) is 7.21. The van der Waals surface area contributed by atoms with Gasteiger partial charge < -0.3 is 0 Å². The van der Waals surface area contributed by atoms with Crippen molar-refractivity contribution >= 4 is 33.2 Å². The summed E-state index contributed by atoms with van der Waals surface area (Å²) >= 11 is 1.23. The van der Waals surface area contributed by atoms with Gasteiger partial charge in [0.15, 0.2) is 0 Å². The summed E-state index contributed by atoms with van der Waals surface area (Å²) in [5.41, 5.74) is 7.48. The molecule has 0 atom stereocenters. The van der Waals surface area contributed by atoms with Crippen LogP contribution in [0.4, 0.5) is 0 Å². The number of hydrogen-bond acceptors (Lipinski definition) is 6. The lowest BCUT2D eigenvalue weighted by Gasteiger charge is -2.12. The molecule has 1 aromatic heterocycles. The van der Waals surface area contributed by atoms with Crippen LogP contribution in [0.25, 0.3) is 10.6 Å². The van der Waals surface area contributed by atoms with E-state index in [2.05, 4.69) is 22.8 Å². The van der Waals surface area contributed by atoms with Crippen molar-refractivity contribution in [3.05, 3.63) is 70.2 Å². The third-order valence-electron chi connectivity index (χ3n) is 4.78. The highest BCUT2D eigenvalue weighted by Gasteiger charge is 2.20. The molecular formula is C22H24N4O4S2. The number of rotatable bonds is 6. The zero-order valence-corrected chi connectivity index (χ0v) is 19.8. The Kier molecular flexibility index (Phi) is 7.07. The Morgan fingerprint density at radius 1 is 1.03 bits per heavy atom. The number of hydrazine groups is 1. The van der Waals surface area contributed by atoms with E-state index >= 15 is 0 Å². The zero-order chi connectivity index (χ0) is 23.5. The van der Waals surface area contributed by atoms with Crippen LogP contribution >= 0.6 is 11.3 Å². The lowest BCUT2D eigenvalue weighted by molar-refractivity contribution is 0.0848.